The molecular weight excluding hydrogens is 187 g/mol. The topological polar surface area (TPSA) is 9.23 Å². The molecule has 0 aliphatic carbocycles. The summed E-state index contributed by atoms with van der Waals surface area (Å²) in [6, 6.07) is 5.92. The summed E-state index contributed by atoms with van der Waals surface area (Å²) in [7, 11) is 0. The van der Waals surface area contributed by atoms with Crippen molar-refractivity contribution in [1.82, 2.24) is 0 Å². The van der Waals surface area contributed by atoms with Crippen LogP contribution in [0.25, 0.3) is 0 Å². The van der Waals surface area contributed by atoms with Gasteiger partial charge < -0.3 is 4.74 Å². The molecule has 1 nitrogen and oxygen atoms in total. The van der Waals surface area contributed by atoms with Gasteiger partial charge in [0.2, 0.25) is 0 Å². The highest BCUT2D eigenvalue weighted by Crippen LogP contribution is 2.12. The van der Waals surface area contributed by atoms with Gasteiger partial charge in [0.1, 0.15) is 11.6 Å². The van der Waals surface area contributed by atoms with Gasteiger partial charge in [0.05, 0.1) is 6.61 Å². The molecule has 0 aliphatic heterocycles. The van der Waals surface area contributed by atoms with Crippen LogP contribution in [-0.2, 0) is 0 Å². The van der Waals surface area contributed by atoms with Gasteiger partial charge in [-0.15, -0.1) is 12.6 Å². The van der Waals surface area contributed by atoms with Gasteiger partial charge in [-0.25, -0.2) is 4.39 Å². The Kier molecular flexibility index (Phi) is 3.83. The molecule has 3 heteroatoms. The molecule has 0 saturated heterocycles. The number of halogens is 1. The van der Waals surface area contributed by atoms with Crippen molar-refractivity contribution in [3.8, 4) is 5.75 Å². The standard InChI is InChI=1S/C10H11FOS/c1-8(13)6-7-12-10-4-2-9(11)3-5-10/h2-5,13H,1,6-7H2. The number of hydrogen-bond acceptors (Lipinski definition) is 2. The van der Waals surface area contributed by atoms with Crippen molar-refractivity contribution in [3.05, 3.63) is 41.6 Å². The summed E-state index contributed by atoms with van der Waals surface area (Å²) in [5.41, 5.74) is 0. The lowest BCUT2D eigenvalue weighted by Crippen LogP contribution is -1.96. The first-order chi connectivity index (χ1) is 6.18. The van der Waals surface area contributed by atoms with E-state index >= 15 is 0 Å². The lowest BCUT2D eigenvalue weighted by atomic mass is 10.3. The van der Waals surface area contributed by atoms with Crippen LogP contribution in [0.2, 0.25) is 0 Å². The van der Waals surface area contributed by atoms with E-state index < -0.39 is 0 Å². The van der Waals surface area contributed by atoms with Crippen LogP contribution in [0, 0.1) is 5.82 Å². The largest absolute Gasteiger partial charge is 0.493 e. The van der Waals surface area contributed by atoms with Crippen molar-refractivity contribution >= 4 is 12.6 Å². The molecule has 0 spiro atoms. The smallest absolute Gasteiger partial charge is 0.123 e. The third-order valence-corrected chi connectivity index (χ3v) is 1.70. The van der Waals surface area contributed by atoms with Crippen molar-refractivity contribution < 1.29 is 9.13 Å². The van der Waals surface area contributed by atoms with E-state index in [1.165, 1.54) is 12.1 Å². The van der Waals surface area contributed by atoms with Gasteiger partial charge in [-0.05, 0) is 29.2 Å². The summed E-state index contributed by atoms with van der Waals surface area (Å²) in [5, 5.41) is 0. The fourth-order valence-electron chi connectivity index (χ4n) is 0.818. The molecule has 0 unspecified atom stereocenters. The van der Waals surface area contributed by atoms with Gasteiger partial charge in [0.25, 0.3) is 0 Å². The number of rotatable bonds is 4. The number of benzene rings is 1. The molecular formula is C10H11FOS. The molecule has 1 aromatic rings. The van der Waals surface area contributed by atoms with Crippen molar-refractivity contribution in [2.24, 2.45) is 0 Å². The van der Waals surface area contributed by atoms with Gasteiger partial charge in [-0.2, -0.15) is 0 Å². The van der Waals surface area contributed by atoms with Crippen LogP contribution in [0.3, 0.4) is 0 Å². The second-order valence-electron chi connectivity index (χ2n) is 2.62. The molecule has 0 radical (unpaired) electrons. The monoisotopic (exact) mass is 198 g/mol. The first-order valence-corrected chi connectivity index (χ1v) is 4.38. The van der Waals surface area contributed by atoms with Gasteiger partial charge in [-0.1, -0.05) is 6.58 Å². The molecule has 1 aromatic carbocycles. The highest BCUT2D eigenvalue weighted by molar-refractivity contribution is 7.84. The highest BCUT2D eigenvalue weighted by atomic mass is 32.1. The molecule has 0 heterocycles. The Hall–Kier alpha value is -0.960. The zero-order valence-corrected chi connectivity index (χ0v) is 8.06. The average molecular weight is 198 g/mol. The molecule has 0 N–H and O–H groups in total. The van der Waals surface area contributed by atoms with Crippen LogP contribution in [0.15, 0.2) is 35.7 Å². The Morgan fingerprint density at radius 2 is 2.00 bits per heavy atom. The zero-order valence-electron chi connectivity index (χ0n) is 7.16. The van der Waals surface area contributed by atoms with E-state index in [0.29, 0.717) is 18.8 Å². The Morgan fingerprint density at radius 1 is 1.38 bits per heavy atom. The summed E-state index contributed by atoms with van der Waals surface area (Å²) < 4.78 is 17.8. The molecule has 1 rings (SSSR count). The molecule has 0 aromatic heterocycles. The quantitative estimate of drug-likeness (QED) is 0.732. The second-order valence-corrected chi connectivity index (χ2v) is 3.25. The summed E-state index contributed by atoms with van der Waals surface area (Å²) in [4.78, 5) is 0.780. The van der Waals surface area contributed by atoms with E-state index in [1.807, 2.05) is 0 Å². The normalized spacial score (nSPS) is 9.69. The summed E-state index contributed by atoms with van der Waals surface area (Å²) >= 11 is 4.03. The molecule has 0 aliphatic rings. The van der Waals surface area contributed by atoms with Crippen LogP contribution in [0.5, 0.6) is 5.75 Å². The third kappa shape index (κ3) is 3.99. The Balaban J connectivity index is 2.37. The van der Waals surface area contributed by atoms with Crippen molar-refractivity contribution in [2.45, 2.75) is 6.42 Å². The van der Waals surface area contributed by atoms with E-state index in [0.717, 1.165) is 4.91 Å². The van der Waals surface area contributed by atoms with Crippen molar-refractivity contribution in [1.29, 1.82) is 0 Å². The lowest BCUT2D eigenvalue weighted by Gasteiger charge is -2.04. The minimum atomic E-state index is -0.258. The maximum Gasteiger partial charge on any atom is 0.123 e. The van der Waals surface area contributed by atoms with E-state index in [1.54, 1.807) is 12.1 Å². The minimum Gasteiger partial charge on any atom is -0.493 e. The third-order valence-electron chi connectivity index (χ3n) is 1.47. The van der Waals surface area contributed by atoms with Gasteiger partial charge in [-0.3, -0.25) is 0 Å². The van der Waals surface area contributed by atoms with Gasteiger partial charge >= 0.3 is 0 Å². The minimum absolute atomic E-state index is 0.258. The average Bonchev–Trinajstić information content (AvgIpc) is 2.08. The van der Waals surface area contributed by atoms with Crippen LogP contribution in [-0.4, -0.2) is 6.61 Å². The van der Waals surface area contributed by atoms with E-state index in [2.05, 4.69) is 19.2 Å². The molecule has 0 amide bonds. The Morgan fingerprint density at radius 3 is 2.54 bits per heavy atom. The Bertz CT molecular complexity index is 281. The Labute approximate surface area is 82.6 Å². The number of thiol groups is 1. The second kappa shape index (κ2) is 4.92. The van der Waals surface area contributed by atoms with Crippen LogP contribution in [0.1, 0.15) is 6.42 Å². The maximum atomic E-state index is 12.5. The van der Waals surface area contributed by atoms with Crippen LogP contribution < -0.4 is 4.74 Å². The molecule has 70 valence electrons. The summed E-state index contributed by atoms with van der Waals surface area (Å²) in [5.74, 6) is 0.405. The molecule has 13 heavy (non-hydrogen) atoms. The number of ether oxygens (including phenoxy) is 1. The van der Waals surface area contributed by atoms with Gasteiger partial charge in [0, 0.05) is 6.42 Å². The molecule has 0 atom stereocenters. The highest BCUT2D eigenvalue weighted by Gasteiger charge is 1.94. The first kappa shape index (κ1) is 10.1. The zero-order chi connectivity index (χ0) is 9.68. The summed E-state index contributed by atoms with van der Waals surface area (Å²) in [6.07, 6.45) is 0.695. The van der Waals surface area contributed by atoms with Crippen LogP contribution >= 0.6 is 12.6 Å². The fraction of sp³-hybridized carbons (Fsp3) is 0.200. The summed E-state index contributed by atoms with van der Waals surface area (Å²) in [6.45, 7) is 4.15. The molecule has 0 bridgehead atoms. The number of hydrogen-bond donors (Lipinski definition) is 1. The molecule has 0 saturated carbocycles. The van der Waals surface area contributed by atoms with E-state index in [9.17, 15) is 4.39 Å². The van der Waals surface area contributed by atoms with E-state index in [4.69, 9.17) is 4.74 Å². The lowest BCUT2D eigenvalue weighted by molar-refractivity contribution is 0.323. The van der Waals surface area contributed by atoms with E-state index in [-0.39, 0.29) is 5.82 Å². The first-order valence-electron chi connectivity index (χ1n) is 3.93. The maximum absolute atomic E-state index is 12.5. The predicted octanol–water partition coefficient (Wildman–Crippen LogP) is 3.04. The van der Waals surface area contributed by atoms with Crippen molar-refractivity contribution in [3.63, 3.8) is 0 Å². The van der Waals surface area contributed by atoms with Crippen molar-refractivity contribution in [2.75, 3.05) is 6.61 Å². The molecule has 0 fully saturated rings. The predicted molar refractivity (Wildman–Crippen MR) is 54.6 cm³/mol. The SMILES string of the molecule is C=C(S)CCOc1ccc(F)cc1. The fourth-order valence-corrected chi connectivity index (χ4v) is 0.909. The van der Waals surface area contributed by atoms with Gasteiger partial charge in [0.15, 0.2) is 0 Å². The van der Waals surface area contributed by atoms with Crippen LogP contribution in [0.4, 0.5) is 4.39 Å².